The summed E-state index contributed by atoms with van der Waals surface area (Å²) < 4.78 is 10.8. The first-order valence-electron chi connectivity index (χ1n) is 8.08. The third-order valence-corrected chi connectivity index (χ3v) is 3.45. The van der Waals surface area contributed by atoms with Crippen molar-refractivity contribution in [2.45, 2.75) is 13.3 Å². The van der Waals surface area contributed by atoms with E-state index >= 15 is 0 Å². The largest absolute Gasteiger partial charge is 0.495 e. The molecule has 26 heavy (non-hydrogen) atoms. The number of rotatable bonds is 8. The predicted octanol–water partition coefficient (Wildman–Crippen LogP) is 4.04. The molecule has 7 nitrogen and oxygen atoms in total. The summed E-state index contributed by atoms with van der Waals surface area (Å²) in [5, 5.41) is 13.5. The van der Waals surface area contributed by atoms with Crippen molar-refractivity contribution in [2.24, 2.45) is 0 Å². The van der Waals surface area contributed by atoms with Gasteiger partial charge in [0.1, 0.15) is 11.5 Å². The lowest BCUT2D eigenvalue weighted by atomic mass is 10.2. The number of carbonyl (C=O) groups is 1. The second-order valence-corrected chi connectivity index (χ2v) is 5.35. The molecule has 0 fully saturated rings. The lowest BCUT2D eigenvalue weighted by Gasteiger charge is -2.09. The SMILES string of the molecule is CCCOc1ccccc1C=CC(=O)Nc1cc([N+](=O)[O-])ccc1OC. The van der Waals surface area contributed by atoms with Crippen LogP contribution in [0.5, 0.6) is 11.5 Å². The molecular formula is C19H20N2O5. The van der Waals surface area contributed by atoms with Gasteiger partial charge >= 0.3 is 0 Å². The highest BCUT2D eigenvalue weighted by Gasteiger charge is 2.12. The molecular weight excluding hydrogens is 336 g/mol. The molecule has 0 unspecified atom stereocenters. The number of hydrogen-bond acceptors (Lipinski definition) is 5. The molecule has 1 amide bonds. The Bertz CT molecular complexity index is 817. The molecule has 136 valence electrons. The molecule has 0 bridgehead atoms. The topological polar surface area (TPSA) is 90.7 Å². The summed E-state index contributed by atoms with van der Waals surface area (Å²) in [6, 6.07) is 11.4. The number of nitro groups is 1. The molecule has 7 heteroatoms. The number of non-ortho nitro benzene ring substituents is 1. The minimum Gasteiger partial charge on any atom is -0.495 e. The Balaban J connectivity index is 2.15. The van der Waals surface area contributed by atoms with Crippen LogP contribution in [0.15, 0.2) is 48.5 Å². The Kier molecular flexibility index (Phi) is 6.73. The number of para-hydroxylation sites is 1. The minimum atomic E-state index is -0.535. The quantitative estimate of drug-likeness (QED) is 0.438. The van der Waals surface area contributed by atoms with E-state index in [-0.39, 0.29) is 11.4 Å². The molecule has 0 heterocycles. The van der Waals surface area contributed by atoms with Crippen molar-refractivity contribution < 1.29 is 19.2 Å². The Labute approximate surface area is 151 Å². The van der Waals surface area contributed by atoms with Crippen molar-refractivity contribution in [3.8, 4) is 11.5 Å². The maximum atomic E-state index is 12.2. The first-order valence-corrected chi connectivity index (χ1v) is 8.08. The fourth-order valence-electron chi connectivity index (χ4n) is 2.21. The van der Waals surface area contributed by atoms with Gasteiger partial charge in [-0.15, -0.1) is 0 Å². The van der Waals surface area contributed by atoms with Gasteiger partial charge in [-0.2, -0.15) is 0 Å². The molecule has 0 atom stereocenters. The van der Waals surface area contributed by atoms with Gasteiger partial charge in [0.2, 0.25) is 5.91 Å². The Hall–Kier alpha value is -3.35. The molecule has 1 N–H and O–H groups in total. The summed E-state index contributed by atoms with van der Waals surface area (Å²) >= 11 is 0. The number of benzene rings is 2. The van der Waals surface area contributed by atoms with E-state index in [1.54, 1.807) is 6.08 Å². The molecule has 0 saturated heterocycles. The molecule has 2 aromatic carbocycles. The highest BCUT2D eigenvalue weighted by molar-refractivity contribution is 6.03. The van der Waals surface area contributed by atoms with Crippen molar-refractivity contribution >= 4 is 23.4 Å². The average Bonchev–Trinajstić information content (AvgIpc) is 2.65. The van der Waals surface area contributed by atoms with E-state index in [0.29, 0.717) is 18.1 Å². The normalized spacial score (nSPS) is 10.5. The van der Waals surface area contributed by atoms with Gasteiger partial charge in [0, 0.05) is 23.8 Å². The molecule has 2 rings (SSSR count). The number of carbonyl (C=O) groups excluding carboxylic acids is 1. The van der Waals surface area contributed by atoms with E-state index in [2.05, 4.69) is 5.32 Å². The van der Waals surface area contributed by atoms with Crippen LogP contribution in [0, 0.1) is 10.1 Å². The van der Waals surface area contributed by atoms with Crippen LogP contribution in [0.1, 0.15) is 18.9 Å². The monoisotopic (exact) mass is 356 g/mol. The van der Waals surface area contributed by atoms with Crippen LogP contribution >= 0.6 is 0 Å². The molecule has 0 spiro atoms. The summed E-state index contributed by atoms with van der Waals surface area (Å²) in [6.07, 6.45) is 3.85. The molecule has 2 aromatic rings. The summed E-state index contributed by atoms with van der Waals surface area (Å²) in [5.74, 6) is 0.587. The maximum Gasteiger partial charge on any atom is 0.271 e. The van der Waals surface area contributed by atoms with Crippen LogP contribution in [0.4, 0.5) is 11.4 Å². The average molecular weight is 356 g/mol. The van der Waals surface area contributed by atoms with Crippen LogP contribution < -0.4 is 14.8 Å². The summed E-state index contributed by atoms with van der Waals surface area (Å²) in [7, 11) is 1.42. The smallest absolute Gasteiger partial charge is 0.271 e. The van der Waals surface area contributed by atoms with Crippen LogP contribution in [-0.2, 0) is 4.79 Å². The summed E-state index contributed by atoms with van der Waals surface area (Å²) in [6.45, 7) is 2.60. The molecule has 0 radical (unpaired) electrons. The van der Waals surface area contributed by atoms with Crippen molar-refractivity contribution in [1.82, 2.24) is 0 Å². The number of nitrogens with zero attached hydrogens (tertiary/aromatic N) is 1. The highest BCUT2D eigenvalue weighted by atomic mass is 16.6. The number of methoxy groups -OCH3 is 1. The van der Waals surface area contributed by atoms with Crippen LogP contribution in [0.25, 0.3) is 6.08 Å². The molecule has 0 aliphatic carbocycles. The van der Waals surface area contributed by atoms with Gasteiger partial charge in [-0.25, -0.2) is 0 Å². The second kappa shape index (κ2) is 9.22. The van der Waals surface area contributed by atoms with Gasteiger partial charge in [-0.3, -0.25) is 14.9 Å². The van der Waals surface area contributed by atoms with Crippen molar-refractivity contribution in [2.75, 3.05) is 19.0 Å². The van der Waals surface area contributed by atoms with Gasteiger partial charge in [0.05, 0.1) is 24.3 Å². The Morgan fingerprint density at radius 1 is 1.23 bits per heavy atom. The lowest BCUT2D eigenvalue weighted by Crippen LogP contribution is -2.09. The maximum absolute atomic E-state index is 12.2. The van der Waals surface area contributed by atoms with Gasteiger partial charge in [-0.05, 0) is 24.6 Å². The van der Waals surface area contributed by atoms with Crippen LogP contribution in [-0.4, -0.2) is 24.5 Å². The Morgan fingerprint density at radius 2 is 2.00 bits per heavy atom. The van der Waals surface area contributed by atoms with E-state index in [0.717, 1.165) is 12.0 Å². The second-order valence-electron chi connectivity index (χ2n) is 5.35. The number of hydrogen-bond donors (Lipinski definition) is 1. The van der Waals surface area contributed by atoms with E-state index in [4.69, 9.17) is 9.47 Å². The first kappa shape index (κ1) is 19.0. The van der Waals surface area contributed by atoms with Crippen LogP contribution in [0.3, 0.4) is 0 Å². The fourth-order valence-corrected chi connectivity index (χ4v) is 2.21. The zero-order valence-corrected chi connectivity index (χ0v) is 14.6. The van der Waals surface area contributed by atoms with E-state index < -0.39 is 10.8 Å². The highest BCUT2D eigenvalue weighted by Crippen LogP contribution is 2.29. The number of nitro benzene ring substituents is 1. The third-order valence-electron chi connectivity index (χ3n) is 3.45. The first-order chi connectivity index (χ1) is 12.5. The van der Waals surface area contributed by atoms with E-state index in [1.165, 1.54) is 31.4 Å². The van der Waals surface area contributed by atoms with Gasteiger partial charge < -0.3 is 14.8 Å². The number of ether oxygens (including phenoxy) is 2. The molecule has 0 aliphatic rings. The Morgan fingerprint density at radius 3 is 2.69 bits per heavy atom. The third kappa shape index (κ3) is 5.07. The zero-order valence-electron chi connectivity index (χ0n) is 14.6. The summed E-state index contributed by atoms with van der Waals surface area (Å²) in [4.78, 5) is 22.6. The number of amides is 1. The zero-order chi connectivity index (χ0) is 18.9. The molecule has 0 saturated carbocycles. The van der Waals surface area contributed by atoms with Crippen molar-refractivity contribution in [3.63, 3.8) is 0 Å². The predicted molar refractivity (Wildman–Crippen MR) is 99.5 cm³/mol. The van der Waals surface area contributed by atoms with Crippen molar-refractivity contribution in [1.29, 1.82) is 0 Å². The van der Waals surface area contributed by atoms with Crippen LogP contribution in [0.2, 0.25) is 0 Å². The van der Waals surface area contributed by atoms with Gasteiger partial charge in [0.15, 0.2) is 0 Å². The molecule has 0 aromatic heterocycles. The lowest BCUT2D eigenvalue weighted by molar-refractivity contribution is -0.384. The van der Waals surface area contributed by atoms with Gasteiger partial charge in [-0.1, -0.05) is 25.1 Å². The minimum absolute atomic E-state index is 0.136. The number of nitrogens with one attached hydrogen (secondary N) is 1. The standard InChI is InChI=1S/C19H20N2O5/c1-3-12-26-17-7-5-4-6-14(17)8-11-19(22)20-16-13-15(21(23)24)9-10-18(16)25-2/h4-11,13H,3,12H2,1-2H3,(H,20,22). The van der Waals surface area contributed by atoms with E-state index in [9.17, 15) is 14.9 Å². The fraction of sp³-hybridized carbons (Fsp3) is 0.211. The molecule has 0 aliphatic heterocycles. The van der Waals surface area contributed by atoms with Crippen molar-refractivity contribution in [3.05, 3.63) is 64.2 Å². The summed E-state index contributed by atoms with van der Waals surface area (Å²) in [5.41, 5.74) is 0.859. The van der Waals surface area contributed by atoms with E-state index in [1.807, 2.05) is 31.2 Å². The number of anilines is 1. The van der Waals surface area contributed by atoms with Gasteiger partial charge in [0.25, 0.3) is 5.69 Å².